The highest BCUT2D eigenvalue weighted by atomic mass is 32.2. The number of hydrogen-bond donors (Lipinski definition) is 2. The molecule has 7 heteroatoms. The number of carboxylic acid groups (broad SMARTS) is 1. The van der Waals surface area contributed by atoms with E-state index in [-0.39, 0.29) is 11.7 Å². The summed E-state index contributed by atoms with van der Waals surface area (Å²) in [6.07, 6.45) is 0.962. The average Bonchev–Trinajstić information content (AvgIpc) is 3.08. The van der Waals surface area contributed by atoms with Crippen LogP contribution in [0.25, 0.3) is 0 Å². The minimum atomic E-state index is -0.831. The Labute approximate surface area is 162 Å². The second-order valence-corrected chi connectivity index (χ2v) is 7.28. The van der Waals surface area contributed by atoms with E-state index in [0.29, 0.717) is 17.0 Å². The molecule has 0 atom stereocenters. The van der Waals surface area contributed by atoms with Gasteiger partial charge in [0.15, 0.2) is 0 Å². The third kappa shape index (κ3) is 5.34. The molecule has 0 bridgehead atoms. The van der Waals surface area contributed by atoms with Gasteiger partial charge in [-0.2, -0.15) is 5.10 Å². The molecule has 3 rings (SSSR count). The zero-order valence-electron chi connectivity index (χ0n) is 15.0. The van der Waals surface area contributed by atoms with E-state index < -0.39 is 5.97 Å². The Bertz CT molecular complexity index is 865. The quantitative estimate of drug-likeness (QED) is 0.759. The summed E-state index contributed by atoms with van der Waals surface area (Å²) in [6, 6.07) is 14.8. The average molecular weight is 383 g/mol. The highest BCUT2D eigenvalue weighted by molar-refractivity contribution is 7.99. The van der Waals surface area contributed by atoms with Crippen LogP contribution in [-0.4, -0.2) is 35.0 Å². The maximum Gasteiger partial charge on any atom is 0.313 e. The summed E-state index contributed by atoms with van der Waals surface area (Å²) in [4.78, 5) is 23.1. The predicted octanol–water partition coefficient (Wildman–Crippen LogP) is 3.84. The van der Waals surface area contributed by atoms with Crippen molar-refractivity contribution in [1.29, 1.82) is 0 Å². The Morgan fingerprint density at radius 1 is 1.22 bits per heavy atom. The topological polar surface area (TPSA) is 82.0 Å². The minimum Gasteiger partial charge on any atom is -0.481 e. The molecule has 1 aliphatic rings. The molecule has 0 radical (unpaired) electrons. The highest BCUT2D eigenvalue weighted by Gasteiger charge is 2.13. The van der Waals surface area contributed by atoms with E-state index in [4.69, 9.17) is 5.11 Å². The molecule has 27 heavy (non-hydrogen) atoms. The number of thioether (sulfide) groups is 1. The van der Waals surface area contributed by atoms with Gasteiger partial charge in [-0.3, -0.25) is 14.6 Å². The van der Waals surface area contributed by atoms with Gasteiger partial charge in [-0.1, -0.05) is 12.1 Å². The van der Waals surface area contributed by atoms with Gasteiger partial charge in [-0.15, -0.1) is 11.8 Å². The van der Waals surface area contributed by atoms with Crippen LogP contribution >= 0.6 is 11.8 Å². The molecule has 2 N–H and O–H groups in total. The van der Waals surface area contributed by atoms with Crippen LogP contribution < -0.4 is 10.3 Å². The molecular weight excluding hydrogens is 362 g/mol. The van der Waals surface area contributed by atoms with Crippen molar-refractivity contribution in [3.8, 4) is 0 Å². The van der Waals surface area contributed by atoms with Crippen molar-refractivity contribution in [2.75, 3.05) is 22.6 Å². The van der Waals surface area contributed by atoms with E-state index in [1.165, 1.54) is 11.8 Å². The Hall–Kier alpha value is -2.80. The molecule has 140 valence electrons. The zero-order chi connectivity index (χ0) is 19.2. The Kier molecular flexibility index (Phi) is 6.13. The maximum absolute atomic E-state index is 12.5. The molecule has 0 aromatic heterocycles. The van der Waals surface area contributed by atoms with Gasteiger partial charge in [0.1, 0.15) is 0 Å². The van der Waals surface area contributed by atoms with Gasteiger partial charge in [0.2, 0.25) is 0 Å². The van der Waals surface area contributed by atoms with Crippen molar-refractivity contribution in [3.05, 3.63) is 59.7 Å². The molecule has 2 aromatic carbocycles. The molecule has 1 aliphatic heterocycles. The van der Waals surface area contributed by atoms with E-state index >= 15 is 0 Å². The zero-order valence-corrected chi connectivity index (χ0v) is 15.8. The Balaban J connectivity index is 1.61. The van der Waals surface area contributed by atoms with Gasteiger partial charge in [-0.05, 0) is 48.9 Å². The highest BCUT2D eigenvalue weighted by Crippen LogP contribution is 2.21. The molecule has 1 heterocycles. The van der Waals surface area contributed by atoms with Crippen molar-refractivity contribution in [3.63, 3.8) is 0 Å². The number of benzene rings is 2. The third-order valence-corrected chi connectivity index (χ3v) is 5.07. The lowest BCUT2D eigenvalue weighted by molar-refractivity contribution is -0.133. The lowest BCUT2D eigenvalue weighted by atomic mass is 10.1. The van der Waals surface area contributed by atoms with Gasteiger partial charge >= 0.3 is 5.97 Å². The van der Waals surface area contributed by atoms with E-state index in [1.807, 2.05) is 48.3 Å². The lowest BCUT2D eigenvalue weighted by Gasteiger charge is -2.14. The standard InChI is InChI=1S/C20H21N3O3S/c1-14-9-10-23(22-14)18-7-5-16(6-8-18)20(26)21-17-4-2-3-15(11-17)12-27-13-19(24)25/h2-8,11H,9-10,12-13H2,1H3,(H,21,26)(H,24,25). The first-order valence-electron chi connectivity index (χ1n) is 8.63. The number of rotatable bonds is 7. The van der Waals surface area contributed by atoms with Crippen LogP contribution in [0.3, 0.4) is 0 Å². The monoisotopic (exact) mass is 383 g/mol. The minimum absolute atomic E-state index is 0.0591. The second-order valence-electron chi connectivity index (χ2n) is 6.30. The fraction of sp³-hybridized carbons (Fsp3) is 0.250. The van der Waals surface area contributed by atoms with Crippen molar-refractivity contribution >= 4 is 40.7 Å². The summed E-state index contributed by atoms with van der Waals surface area (Å²) in [7, 11) is 0. The van der Waals surface area contributed by atoms with Crippen LogP contribution in [-0.2, 0) is 10.5 Å². The van der Waals surface area contributed by atoms with Crippen LogP contribution in [0.2, 0.25) is 0 Å². The number of aliphatic carboxylic acids is 1. The van der Waals surface area contributed by atoms with Crippen molar-refractivity contribution in [1.82, 2.24) is 0 Å². The number of nitrogens with zero attached hydrogens (tertiary/aromatic N) is 2. The number of carboxylic acids is 1. The van der Waals surface area contributed by atoms with Crippen molar-refractivity contribution < 1.29 is 14.7 Å². The molecule has 0 unspecified atom stereocenters. The fourth-order valence-corrected chi connectivity index (χ4v) is 3.44. The van der Waals surface area contributed by atoms with Gasteiger partial charge in [-0.25, -0.2) is 0 Å². The van der Waals surface area contributed by atoms with Crippen molar-refractivity contribution in [2.24, 2.45) is 5.10 Å². The van der Waals surface area contributed by atoms with Gasteiger partial charge in [0, 0.05) is 35.7 Å². The van der Waals surface area contributed by atoms with Crippen LogP contribution in [0.5, 0.6) is 0 Å². The summed E-state index contributed by atoms with van der Waals surface area (Å²) in [5.74, 6) is -0.370. The second kappa shape index (κ2) is 8.73. The number of carbonyl (C=O) groups excluding carboxylic acids is 1. The number of hydrogen-bond acceptors (Lipinski definition) is 5. The lowest BCUT2D eigenvalue weighted by Crippen LogP contribution is -2.14. The first-order chi connectivity index (χ1) is 13.0. The molecule has 2 aromatic rings. The van der Waals surface area contributed by atoms with Crippen LogP contribution in [0, 0.1) is 0 Å². The first-order valence-corrected chi connectivity index (χ1v) is 9.78. The van der Waals surface area contributed by atoms with E-state index in [1.54, 1.807) is 12.1 Å². The predicted molar refractivity (Wildman–Crippen MR) is 110 cm³/mol. The first kappa shape index (κ1) is 19.0. The molecule has 6 nitrogen and oxygen atoms in total. The SMILES string of the molecule is CC1=NN(c2ccc(C(=O)Nc3cccc(CSCC(=O)O)c3)cc2)CC1. The Morgan fingerprint density at radius 3 is 2.67 bits per heavy atom. The van der Waals surface area contributed by atoms with E-state index in [9.17, 15) is 9.59 Å². The molecule has 0 saturated heterocycles. The fourth-order valence-electron chi connectivity index (χ4n) is 2.74. The number of nitrogens with one attached hydrogen (secondary N) is 1. The smallest absolute Gasteiger partial charge is 0.313 e. The largest absolute Gasteiger partial charge is 0.481 e. The summed E-state index contributed by atoms with van der Waals surface area (Å²) >= 11 is 1.32. The number of amides is 1. The van der Waals surface area contributed by atoms with E-state index in [2.05, 4.69) is 10.4 Å². The van der Waals surface area contributed by atoms with Crippen molar-refractivity contribution in [2.45, 2.75) is 19.1 Å². The van der Waals surface area contributed by atoms with Gasteiger partial charge in [0.25, 0.3) is 5.91 Å². The summed E-state index contributed by atoms with van der Waals surface area (Å²) in [5.41, 5.74) is 4.32. The molecular formula is C20H21N3O3S. The summed E-state index contributed by atoms with van der Waals surface area (Å²) < 4.78 is 0. The molecule has 1 amide bonds. The van der Waals surface area contributed by atoms with Crippen LogP contribution in [0.4, 0.5) is 11.4 Å². The van der Waals surface area contributed by atoms with Gasteiger partial charge in [0.05, 0.1) is 11.4 Å². The number of hydrazone groups is 1. The number of anilines is 2. The molecule has 0 spiro atoms. The number of carbonyl (C=O) groups is 2. The molecule has 0 fully saturated rings. The summed E-state index contributed by atoms with van der Waals surface area (Å²) in [5, 5.41) is 18.0. The molecule has 0 saturated carbocycles. The van der Waals surface area contributed by atoms with Crippen LogP contribution in [0.1, 0.15) is 29.3 Å². The normalized spacial score (nSPS) is 13.4. The van der Waals surface area contributed by atoms with Crippen LogP contribution in [0.15, 0.2) is 53.6 Å². The maximum atomic E-state index is 12.5. The van der Waals surface area contributed by atoms with E-state index in [0.717, 1.165) is 29.9 Å². The Morgan fingerprint density at radius 2 is 2.00 bits per heavy atom. The third-order valence-electron chi connectivity index (χ3n) is 4.08. The summed E-state index contributed by atoms with van der Waals surface area (Å²) in [6.45, 7) is 2.88. The molecule has 0 aliphatic carbocycles. The van der Waals surface area contributed by atoms with Gasteiger partial charge < -0.3 is 10.4 Å².